The Kier molecular flexibility index (Phi) is 4.07. The van der Waals surface area contributed by atoms with Crippen LogP contribution in [0.25, 0.3) is 10.9 Å². The van der Waals surface area contributed by atoms with Gasteiger partial charge < -0.3 is 15.5 Å². The topological polar surface area (TPSA) is 74.9 Å². The predicted molar refractivity (Wildman–Crippen MR) is 94.6 cm³/mol. The van der Waals surface area contributed by atoms with Crippen molar-refractivity contribution in [2.45, 2.75) is 23.0 Å². The average Bonchev–Trinajstić information content (AvgIpc) is 3.30. The molecule has 4 N–H and O–H groups in total. The fourth-order valence-corrected chi connectivity index (χ4v) is 3.86. The molecule has 0 unspecified atom stereocenters. The number of nitrogens with one attached hydrogen (secondary N) is 2. The third kappa shape index (κ3) is 2.90. The molecule has 4 nitrogen and oxygen atoms in total. The summed E-state index contributed by atoms with van der Waals surface area (Å²) in [5, 5.41) is 8.27. The molecule has 0 radical (unpaired) electrons. The molecule has 0 aliphatic heterocycles. The summed E-state index contributed by atoms with van der Waals surface area (Å²) >= 11 is 1.43. The van der Waals surface area contributed by atoms with Gasteiger partial charge in [0.1, 0.15) is 17.4 Å². The van der Waals surface area contributed by atoms with E-state index in [0.29, 0.717) is 15.5 Å². The first-order chi connectivity index (χ1) is 12.5. The number of aromatic amines is 1. The number of fused-ring (bicyclic) bond motifs is 1. The zero-order chi connectivity index (χ0) is 18.4. The van der Waals surface area contributed by atoms with Gasteiger partial charge in [0, 0.05) is 16.8 Å². The highest BCUT2D eigenvalue weighted by atomic mass is 32.2. The van der Waals surface area contributed by atoms with Crippen LogP contribution in [-0.2, 0) is 0 Å². The zero-order valence-electron chi connectivity index (χ0n) is 13.4. The number of amidine groups is 1. The van der Waals surface area contributed by atoms with E-state index in [1.54, 1.807) is 12.3 Å². The summed E-state index contributed by atoms with van der Waals surface area (Å²) in [6, 6.07) is 5.22. The van der Waals surface area contributed by atoms with Crippen LogP contribution in [0.4, 0.5) is 13.2 Å². The third-order valence-electron chi connectivity index (χ3n) is 4.07. The first kappa shape index (κ1) is 16.8. The molecule has 8 heteroatoms. The van der Waals surface area contributed by atoms with Crippen LogP contribution in [0.1, 0.15) is 18.4 Å². The number of hydrogen-bond donors (Lipinski definition) is 3. The molecule has 2 aromatic carbocycles. The number of nitrogen functional groups attached to an aromatic ring is 1. The summed E-state index contributed by atoms with van der Waals surface area (Å²) in [6.07, 6.45) is 3.54. The lowest BCUT2D eigenvalue weighted by atomic mass is 10.2. The minimum atomic E-state index is -1.11. The van der Waals surface area contributed by atoms with Crippen molar-refractivity contribution in [2.75, 3.05) is 0 Å². The number of halogens is 3. The van der Waals surface area contributed by atoms with E-state index in [1.165, 1.54) is 23.9 Å². The van der Waals surface area contributed by atoms with E-state index in [4.69, 9.17) is 15.9 Å². The van der Waals surface area contributed by atoms with Crippen molar-refractivity contribution in [1.82, 2.24) is 4.98 Å². The van der Waals surface area contributed by atoms with Crippen molar-refractivity contribution in [3.8, 4) is 11.5 Å². The molecule has 3 aromatic rings. The lowest BCUT2D eigenvalue weighted by Crippen LogP contribution is -2.13. The van der Waals surface area contributed by atoms with E-state index in [9.17, 15) is 13.2 Å². The monoisotopic (exact) mass is 377 g/mol. The number of nitrogens with two attached hydrogens (primary N) is 1. The second-order valence-corrected chi connectivity index (χ2v) is 7.34. The average molecular weight is 377 g/mol. The first-order valence-corrected chi connectivity index (χ1v) is 8.80. The Balaban J connectivity index is 1.84. The Hall–Kier alpha value is -2.61. The molecule has 1 saturated carbocycles. The van der Waals surface area contributed by atoms with Gasteiger partial charge in [-0.15, -0.1) is 11.8 Å². The fourth-order valence-electron chi connectivity index (χ4n) is 2.62. The van der Waals surface area contributed by atoms with Crippen LogP contribution >= 0.6 is 11.8 Å². The molecule has 1 aliphatic rings. The standard InChI is InChI=1S/C18H14F3N3OS/c19-12-4-1-8(7-11(12)18(22)23)25-16-14(21)13(20)15-10(5-6-24-15)17(16)26-9-2-3-9/h1,4-7,9,24H,2-3H2,(H3,22,23). The minimum absolute atomic E-state index is 0.0717. The summed E-state index contributed by atoms with van der Waals surface area (Å²) in [4.78, 5) is 3.20. The molecular formula is C18H14F3N3OS. The maximum Gasteiger partial charge on any atom is 0.204 e. The van der Waals surface area contributed by atoms with Gasteiger partial charge in [-0.3, -0.25) is 5.41 Å². The van der Waals surface area contributed by atoms with Gasteiger partial charge >= 0.3 is 0 Å². The number of benzene rings is 2. The van der Waals surface area contributed by atoms with Gasteiger partial charge in [-0.05, 0) is 37.1 Å². The Bertz CT molecular complexity index is 1030. The van der Waals surface area contributed by atoms with Crippen LogP contribution in [0.5, 0.6) is 11.5 Å². The summed E-state index contributed by atoms with van der Waals surface area (Å²) in [6.45, 7) is 0. The number of rotatable bonds is 5. The fraction of sp³-hybridized carbons (Fsp3) is 0.167. The largest absolute Gasteiger partial charge is 0.453 e. The highest BCUT2D eigenvalue weighted by Crippen LogP contribution is 2.48. The Labute approximate surface area is 151 Å². The first-order valence-electron chi connectivity index (χ1n) is 7.92. The molecule has 1 heterocycles. The van der Waals surface area contributed by atoms with E-state index in [0.717, 1.165) is 18.9 Å². The molecule has 134 valence electrons. The quantitative estimate of drug-likeness (QED) is 0.437. The van der Waals surface area contributed by atoms with Crippen molar-refractivity contribution in [1.29, 1.82) is 5.41 Å². The van der Waals surface area contributed by atoms with Crippen molar-refractivity contribution < 1.29 is 17.9 Å². The predicted octanol–water partition coefficient (Wildman–Crippen LogP) is 4.92. The van der Waals surface area contributed by atoms with Crippen LogP contribution in [-0.4, -0.2) is 16.1 Å². The van der Waals surface area contributed by atoms with Gasteiger partial charge in [0.2, 0.25) is 5.82 Å². The number of hydrogen-bond acceptors (Lipinski definition) is 3. The molecule has 0 spiro atoms. The normalized spacial score (nSPS) is 14.0. The second kappa shape index (κ2) is 6.28. The van der Waals surface area contributed by atoms with E-state index in [2.05, 4.69) is 4.98 Å². The van der Waals surface area contributed by atoms with Crippen LogP contribution < -0.4 is 10.5 Å². The number of H-pyrrole nitrogens is 1. The van der Waals surface area contributed by atoms with Crippen molar-refractivity contribution in [3.63, 3.8) is 0 Å². The van der Waals surface area contributed by atoms with Crippen LogP contribution in [0, 0.1) is 22.9 Å². The Morgan fingerprint density at radius 1 is 1.19 bits per heavy atom. The van der Waals surface area contributed by atoms with Crippen molar-refractivity contribution >= 4 is 28.5 Å². The molecule has 1 fully saturated rings. The van der Waals surface area contributed by atoms with Gasteiger partial charge in [0.25, 0.3) is 0 Å². The Morgan fingerprint density at radius 3 is 2.65 bits per heavy atom. The summed E-state index contributed by atoms with van der Waals surface area (Å²) in [7, 11) is 0. The zero-order valence-corrected chi connectivity index (χ0v) is 14.2. The number of aromatic nitrogens is 1. The molecule has 0 amide bonds. The van der Waals surface area contributed by atoms with E-state index in [-0.39, 0.29) is 22.6 Å². The van der Waals surface area contributed by atoms with Crippen LogP contribution in [0.3, 0.4) is 0 Å². The molecule has 1 aromatic heterocycles. The summed E-state index contributed by atoms with van der Waals surface area (Å²) < 4.78 is 48.4. The van der Waals surface area contributed by atoms with Crippen molar-refractivity contribution in [2.24, 2.45) is 5.73 Å². The second-order valence-electron chi connectivity index (χ2n) is 6.03. The molecule has 0 bridgehead atoms. The molecule has 0 saturated heterocycles. The molecular weight excluding hydrogens is 363 g/mol. The van der Waals surface area contributed by atoms with E-state index in [1.807, 2.05) is 0 Å². The molecule has 1 aliphatic carbocycles. The van der Waals surface area contributed by atoms with E-state index >= 15 is 0 Å². The number of thioether (sulfide) groups is 1. The van der Waals surface area contributed by atoms with Crippen molar-refractivity contribution in [3.05, 3.63) is 53.5 Å². The van der Waals surface area contributed by atoms with E-state index < -0.39 is 23.3 Å². The highest BCUT2D eigenvalue weighted by molar-refractivity contribution is 8.00. The van der Waals surface area contributed by atoms with Crippen LogP contribution in [0.15, 0.2) is 35.4 Å². The van der Waals surface area contributed by atoms with Gasteiger partial charge in [-0.2, -0.15) is 4.39 Å². The van der Waals surface area contributed by atoms with Crippen LogP contribution in [0.2, 0.25) is 0 Å². The molecule has 26 heavy (non-hydrogen) atoms. The smallest absolute Gasteiger partial charge is 0.204 e. The lowest BCUT2D eigenvalue weighted by Gasteiger charge is -2.14. The SMILES string of the molecule is N=C(N)c1cc(Oc2c(F)c(F)c3[nH]ccc3c2SC2CC2)ccc1F. The van der Waals surface area contributed by atoms with Gasteiger partial charge in [-0.1, -0.05) is 0 Å². The van der Waals surface area contributed by atoms with Gasteiger partial charge in [-0.25, -0.2) is 8.78 Å². The minimum Gasteiger partial charge on any atom is -0.453 e. The van der Waals surface area contributed by atoms with Gasteiger partial charge in [0.05, 0.1) is 16.0 Å². The maximum atomic E-state index is 14.7. The molecule has 4 rings (SSSR count). The highest BCUT2D eigenvalue weighted by Gasteiger charge is 2.29. The summed E-state index contributed by atoms with van der Waals surface area (Å²) in [5.74, 6) is -3.49. The maximum absolute atomic E-state index is 14.7. The molecule has 0 atom stereocenters. The lowest BCUT2D eigenvalue weighted by molar-refractivity contribution is 0.409. The third-order valence-corrected chi connectivity index (χ3v) is 5.51. The Morgan fingerprint density at radius 2 is 1.96 bits per heavy atom. The summed E-state index contributed by atoms with van der Waals surface area (Å²) in [5.41, 5.74) is 5.26. The van der Waals surface area contributed by atoms with Gasteiger partial charge in [0.15, 0.2) is 11.6 Å². The number of ether oxygens (including phenoxy) is 1.